The van der Waals surface area contributed by atoms with Crippen molar-refractivity contribution >= 4 is 43.0 Å². The number of anilines is 2. The predicted octanol–water partition coefficient (Wildman–Crippen LogP) is 1.23. The van der Waals surface area contributed by atoms with Gasteiger partial charge in [-0.2, -0.15) is 5.10 Å². The lowest BCUT2D eigenvalue weighted by atomic mass is 10.3. The second-order valence-electron chi connectivity index (χ2n) is 6.08. The van der Waals surface area contributed by atoms with Gasteiger partial charge in [-0.25, -0.2) is 30.9 Å². The van der Waals surface area contributed by atoms with Gasteiger partial charge in [0.1, 0.15) is 0 Å². The Morgan fingerprint density at radius 1 is 1.07 bits per heavy atom. The molecule has 0 spiro atoms. The Kier molecular flexibility index (Phi) is 6.24. The van der Waals surface area contributed by atoms with Crippen LogP contribution in [0.25, 0.3) is 5.52 Å². The number of hydrogen-bond donors (Lipinski definition) is 3. The first-order valence-corrected chi connectivity index (χ1v) is 11.7. The van der Waals surface area contributed by atoms with E-state index in [1.165, 1.54) is 31.4 Å². The lowest BCUT2D eigenvalue weighted by molar-refractivity contribution is 0.187. The van der Waals surface area contributed by atoms with Crippen molar-refractivity contribution in [3.05, 3.63) is 54.9 Å². The van der Waals surface area contributed by atoms with E-state index >= 15 is 0 Å². The molecule has 0 radical (unpaired) electrons. The van der Waals surface area contributed by atoms with Crippen LogP contribution in [0, 0.1) is 0 Å². The molecule has 0 aliphatic carbocycles. The lowest BCUT2D eigenvalue weighted by Crippen LogP contribution is -2.31. The number of carbonyl (C=O) groups excluding carboxylic acids is 1. The molecule has 1 aromatic carbocycles. The number of amides is 1. The predicted molar refractivity (Wildman–Crippen MR) is 110 cm³/mol. The summed E-state index contributed by atoms with van der Waals surface area (Å²) in [4.78, 5) is 11.1. The van der Waals surface area contributed by atoms with Gasteiger partial charge < -0.3 is 4.74 Å². The fraction of sp³-hybridized carbons (Fsp3) is 0.176. The minimum Gasteiger partial charge on any atom is -0.453 e. The molecule has 0 saturated heterocycles. The van der Waals surface area contributed by atoms with Crippen LogP contribution in [0.1, 0.15) is 0 Å². The first kappa shape index (κ1) is 21.5. The Bertz CT molecular complexity index is 1250. The van der Waals surface area contributed by atoms with Crippen molar-refractivity contribution in [3.8, 4) is 0 Å². The van der Waals surface area contributed by atoms with Crippen LogP contribution in [0.3, 0.4) is 0 Å². The smallest absolute Gasteiger partial charge is 0.411 e. The van der Waals surface area contributed by atoms with Gasteiger partial charge >= 0.3 is 6.09 Å². The Morgan fingerprint density at radius 3 is 2.50 bits per heavy atom. The quantitative estimate of drug-likeness (QED) is 0.465. The molecule has 2 aromatic heterocycles. The number of nitrogens with zero attached hydrogens (tertiary/aromatic N) is 2. The zero-order valence-electron chi connectivity index (χ0n) is 15.8. The normalized spacial score (nSPS) is 11.9. The van der Waals surface area contributed by atoms with Crippen LogP contribution in [-0.2, 0) is 24.8 Å². The monoisotopic (exact) mass is 453 g/mol. The van der Waals surface area contributed by atoms with Crippen molar-refractivity contribution < 1.29 is 26.4 Å². The highest BCUT2D eigenvalue weighted by molar-refractivity contribution is 7.92. The summed E-state index contributed by atoms with van der Waals surface area (Å²) < 4.78 is 59.8. The SMILES string of the molecule is COC(=O)Nc1ccc(S(=O)(=O)NCCS(=O)(=O)Nc2ccn3nccc3c2)cc1. The van der Waals surface area contributed by atoms with E-state index < -0.39 is 31.9 Å². The van der Waals surface area contributed by atoms with Crippen molar-refractivity contribution in [2.75, 3.05) is 29.4 Å². The Labute approximate surface area is 173 Å². The van der Waals surface area contributed by atoms with E-state index in [0.717, 1.165) is 0 Å². The van der Waals surface area contributed by atoms with Crippen LogP contribution in [0.15, 0.2) is 59.8 Å². The molecule has 0 bridgehead atoms. The number of ether oxygens (including phenoxy) is 1. The summed E-state index contributed by atoms with van der Waals surface area (Å²) in [6.07, 6.45) is 2.50. The summed E-state index contributed by atoms with van der Waals surface area (Å²) in [5, 5.41) is 6.42. The van der Waals surface area contributed by atoms with Crippen LogP contribution in [-0.4, -0.2) is 52.0 Å². The van der Waals surface area contributed by atoms with Crippen molar-refractivity contribution in [2.45, 2.75) is 4.90 Å². The minimum atomic E-state index is -3.93. The number of methoxy groups -OCH3 is 1. The third-order valence-electron chi connectivity index (χ3n) is 3.93. The summed E-state index contributed by atoms with van der Waals surface area (Å²) in [5.74, 6) is -0.460. The number of benzene rings is 1. The van der Waals surface area contributed by atoms with Gasteiger partial charge in [0.25, 0.3) is 0 Å². The molecule has 11 nitrogen and oxygen atoms in total. The van der Waals surface area contributed by atoms with Gasteiger partial charge in [-0.3, -0.25) is 10.0 Å². The lowest BCUT2D eigenvalue weighted by Gasteiger charge is -2.10. The molecule has 0 fully saturated rings. The third-order valence-corrected chi connectivity index (χ3v) is 6.70. The van der Waals surface area contributed by atoms with E-state index in [4.69, 9.17) is 0 Å². The number of pyridine rings is 1. The van der Waals surface area contributed by atoms with Gasteiger partial charge in [0.05, 0.1) is 29.0 Å². The van der Waals surface area contributed by atoms with Gasteiger partial charge in [-0.05, 0) is 42.5 Å². The molecule has 0 atom stereocenters. The zero-order chi connectivity index (χ0) is 21.8. The largest absolute Gasteiger partial charge is 0.453 e. The molecule has 160 valence electrons. The number of carbonyl (C=O) groups is 1. The van der Waals surface area contributed by atoms with Gasteiger partial charge in [-0.1, -0.05) is 0 Å². The van der Waals surface area contributed by atoms with Crippen LogP contribution >= 0.6 is 0 Å². The molecule has 2 heterocycles. The number of aromatic nitrogens is 2. The van der Waals surface area contributed by atoms with Crippen LogP contribution < -0.4 is 14.8 Å². The molecular weight excluding hydrogens is 434 g/mol. The van der Waals surface area contributed by atoms with Gasteiger partial charge in [-0.15, -0.1) is 0 Å². The average molecular weight is 454 g/mol. The van der Waals surface area contributed by atoms with Crippen LogP contribution in [0.2, 0.25) is 0 Å². The van der Waals surface area contributed by atoms with Crippen LogP contribution in [0.4, 0.5) is 16.2 Å². The van der Waals surface area contributed by atoms with Crippen molar-refractivity contribution in [1.29, 1.82) is 0 Å². The van der Waals surface area contributed by atoms with E-state index in [-0.39, 0.29) is 11.4 Å². The molecule has 3 rings (SSSR count). The van der Waals surface area contributed by atoms with Crippen molar-refractivity contribution in [2.24, 2.45) is 0 Å². The standard InChI is InChI=1S/C17H19N5O6S2/c1-28-17(23)20-13-2-4-16(5-3-13)30(26,27)19-9-11-29(24,25)21-14-7-10-22-15(12-14)6-8-18-22/h2-8,10,12,19,21H,9,11H2,1H3,(H,20,23). The van der Waals surface area contributed by atoms with Gasteiger partial charge in [0.2, 0.25) is 20.0 Å². The van der Waals surface area contributed by atoms with E-state index in [9.17, 15) is 21.6 Å². The Hall–Kier alpha value is -3.16. The third kappa shape index (κ3) is 5.46. The molecule has 0 aliphatic rings. The van der Waals surface area contributed by atoms with E-state index in [0.29, 0.717) is 16.9 Å². The van der Waals surface area contributed by atoms with Gasteiger partial charge in [0.15, 0.2) is 0 Å². The number of nitrogens with one attached hydrogen (secondary N) is 3. The fourth-order valence-corrected chi connectivity index (χ4v) is 4.62. The summed E-state index contributed by atoms with van der Waals surface area (Å²) in [6, 6.07) is 10.2. The highest BCUT2D eigenvalue weighted by Gasteiger charge is 2.17. The van der Waals surface area contributed by atoms with Crippen molar-refractivity contribution in [3.63, 3.8) is 0 Å². The highest BCUT2D eigenvalue weighted by atomic mass is 32.2. The molecule has 3 aromatic rings. The Balaban J connectivity index is 1.57. The summed E-state index contributed by atoms with van der Waals surface area (Å²) in [6.45, 7) is -0.325. The molecular formula is C17H19N5O6S2. The van der Waals surface area contributed by atoms with E-state index in [1.54, 1.807) is 35.1 Å². The Morgan fingerprint density at radius 2 is 1.80 bits per heavy atom. The maximum Gasteiger partial charge on any atom is 0.411 e. The topological polar surface area (TPSA) is 148 Å². The second-order valence-corrected chi connectivity index (χ2v) is 9.68. The zero-order valence-corrected chi connectivity index (χ0v) is 17.4. The molecule has 30 heavy (non-hydrogen) atoms. The first-order chi connectivity index (χ1) is 14.2. The maximum absolute atomic E-state index is 12.3. The molecule has 13 heteroatoms. The molecule has 0 saturated carbocycles. The van der Waals surface area contributed by atoms with E-state index in [1.807, 2.05) is 0 Å². The van der Waals surface area contributed by atoms with E-state index in [2.05, 4.69) is 24.6 Å². The van der Waals surface area contributed by atoms with Crippen molar-refractivity contribution in [1.82, 2.24) is 14.3 Å². The molecule has 0 unspecified atom stereocenters. The van der Waals surface area contributed by atoms with Gasteiger partial charge in [0, 0.05) is 24.6 Å². The summed E-state index contributed by atoms with van der Waals surface area (Å²) >= 11 is 0. The summed E-state index contributed by atoms with van der Waals surface area (Å²) in [7, 11) is -6.50. The minimum absolute atomic E-state index is 0.0746. The number of hydrogen-bond acceptors (Lipinski definition) is 7. The first-order valence-electron chi connectivity index (χ1n) is 8.57. The average Bonchev–Trinajstić information content (AvgIpc) is 3.15. The second kappa shape index (κ2) is 8.69. The number of rotatable bonds is 8. The fourth-order valence-electron chi connectivity index (χ4n) is 2.50. The summed E-state index contributed by atoms with van der Waals surface area (Å²) in [5.41, 5.74) is 1.41. The number of fused-ring (bicyclic) bond motifs is 1. The maximum atomic E-state index is 12.3. The molecule has 3 N–H and O–H groups in total. The highest BCUT2D eigenvalue weighted by Crippen LogP contribution is 2.15. The molecule has 1 amide bonds. The number of sulfonamides is 2. The molecule has 0 aliphatic heterocycles. The van der Waals surface area contributed by atoms with Crippen LogP contribution in [0.5, 0.6) is 0 Å².